The normalized spacial score (nSPS) is 18.6. The van der Waals surface area contributed by atoms with Crippen LogP contribution in [-0.4, -0.2) is 46.5 Å². The maximum Gasteiger partial charge on any atom is 0.198 e. The van der Waals surface area contributed by atoms with Gasteiger partial charge in [0.2, 0.25) is 0 Å². The number of benzene rings is 2. The Bertz CT molecular complexity index is 1270. The summed E-state index contributed by atoms with van der Waals surface area (Å²) in [6.45, 7) is 0. The molecular weight excluding hydrogens is 512 g/mol. The fourth-order valence-corrected chi connectivity index (χ4v) is 6.27. The van der Waals surface area contributed by atoms with Crippen molar-refractivity contribution in [1.29, 1.82) is 0 Å². The van der Waals surface area contributed by atoms with Gasteiger partial charge in [0.25, 0.3) is 0 Å². The molecule has 4 rings (SSSR count). The van der Waals surface area contributed by atoms with E-state index in [9.17, 15) is 13.6 Å². The lowest BCUT2D eigenvalue weighted by Gasteiger charge is -2.27. The Morgan fingerprint density at radius 2 is 1.79 bits per heavy atom. The van der Waals surface area contributed by atoms with E-state index in [1.165, 1.54) is 25.1 Å². The molecule has 2 aromatic carbocycles. The van der Waals surface area contributed by atoms with Crippen molar-refractivity contribution in [1.82, 2.24) is 10.0 Å². The summed E-state index contributed by atoms with van der Waals surface area (Å²) in [4.78, 5) is 5.15. The van der Waals surface area contributed by atoms with E-state index in [1.54, 1.807) is 36.4 Å². The van der Waals surface area contributed by atoms with Crippen molar-refractivity contribution in [3.63, 3.8) is 0 Å². The third kappa shape index (κ3) is 5.83. The predicted molar refractivity (Wildman–Crippen MR) is 140 cm³/mol. The van der Waals surface area contributed by atoms with Crippen molar-refractivity contribution >= 4 is 49.7 Å². The molecule has 180 valence electrons. The van der Waals surface area contributed by atoms with Crippen LogP contribution in [0.3, 0.4) is 0 Å². The number of hydrogen-bond donors (Lipinski definition) is 1. The quantitative estimate of drug-likeness (QED) is 0.295. The van der Waals surface area contributed by atoms with Crippen LogP contribution in [0.1, 0.15) is 37.5 Å². The Morgan fingerprint density at radius 1 is 1.15 bits per heavy atom. The molecule has 1 saturated carbocycles. The molecule has 0 spiro atoms. The molecule has 10 heteroatoms. The second-order valence-electron chi connectivity index (χ2n) is 8.43. The average Bonchev–Trinajstić information content (AvgIpc) is 3.25. The van der Waals surface area contributed by atoms with Gasteiger partial charge in [0.1, 0.15) is 5.69 Å². The highest BCUT2D eigenvalue weighted by Crippen LogP contribution is 2.42. The smallest absolute Gasteiger partial charge is 0.198 e. The lowest BCUT2D eigenvalue weighted by Crippen LogP contribution is -2.23. The van der Waals surface area contributed by atoms with Gasteiger partial charge in [-0.05, 0) is 55.7 Å². The Labute approximate surface area is 214 Å². The highest BCUT2D eigenvalue weighted by molar-refractivity contribution is 8.23. The van der Waals surface area contributed by atoms with E-state index in [0.717, 1.165) is 41.9 Å². The molecule has 2 atom stereocenters. The molecule has 3 aromatic rings. The van der Waals surface area contributed by atoms with Gasteiger partial charge in [-0.15, -0.1) is 0 Å². The zero-order valence-electron chi connectivity index (χ0n) is 18.8. The van der Waals surface area contributed by atoms with E-state index in [2.05, 4.69) is 0 Å². The number of halogens is 1. The van der Waals surface area contributed by atoms with Crippen molar-refractivity contribution < 1.29 is 18.0 Å². The van der Waals surface area contributed by atoms with E-state index < -0.39 is 9.84 Å². The first-order valence-corrected chi connectivity index (χ1v) is 14.4. The number of oxazole rings is 1. The fourth-order valence-electron chi connectivity index (χ4n) is 4.06. The number of nitrogens with zero attached hydrogens (tertiary/aromatic N) is 2. The van der Waals surface area contributed by atoms with Crippen LogP contribution in [0.15, 0.2) is 57.8 Å². The molecular formula is C24H25ClN2O4S3. The average molecular weight is 537 g/mol. The summed E-state index contributed by atoms with van der Waals surface area (Å²) >= 11 is 12.9. The van der Waals surface area contributed by atoms with E-state index in [4.69, 9.17) is 33.2 Å². The van der Waals surface area contributed by atoms with Gasteiger partial charge in [-0.3, -0.25) is 5.21 Å². The molecule has 1 N–H and O–H groups in total. The maximum atomic E-state index is 11.9. The molecule has 1 heterocycles. The molecule has 34 heavy (non-hydrogen) atoms. The molecule has 6 nitrogen and oxygen atoms in total. The van der Waals surface area contributed by atoms with Crippen LogP contribution in [0, 0.1) is 0 Å². The van der Waals surface area contributed by atoms with Crippen LogP contribution in [-0.2, 0) is 9.84 Å². The van der Waals surface area contributed by atoms with Gasteiger partial charge in [0.05, 0.1) is 4.90 Å². The highest BCUT2D eigenvalue weighted by atomic mass is 35.5. The molecule has 2 unspecified atom stereocenters. The largest absolute Gasteiger partial charge is 0.440 e. The summed E-state index contributed by atoms with van der Waals surface area (Å²) in [6.07, 6.45) is 5.00. The fraction of sp³-hybridized carbons (Fsp3) is 0.333. The first-order valence-electron chi connectivity index (χ1n) is 10.8. The molecule has 1 aliphatic rings. The third-order valence-corrected chi connectivity index (χ3v) is 8.97. The van der Waals surface area contributed by atoms with Crippen molar-refractivity contribution in [2.24, 2.45) is 0 Å². The maximum absolute atomic E-state index is 11.9. The summed E-state index contributed by atoms with van der Waals surface area (Å²) in [7, 11) is -1.77. The topological polar surface area (TPSA) is 83.6 Å². The molecule has 0 amide bonds. The van der Waals surface area contributed by atoms with E-state index in [0.29, 0.717) is 26.7 Å². The summed E-state index contributed by atoms with van der Waals surface area (Å²) in [6, 6.07) is 14.1. The van der Waals surface area contributed by atoms with Gasteiger partial charge >= 0.3 is 0 Å². The van der Waals surface area contributed by atoms with Gasteiger partial charge in [-0.25, -0.2) is 18.5 Å². The number of thiocarbonyl (C=S) groups is 1. The van der Waals surface area contributed by atoms with Crippen molar-refractivity contribution in [3.8, 4) is 22.6 Å². The van der Waals surface area contributed by atoms with E-state index in [-0.39, 0.29) is 16.1 Å². The van der Waals surface area contributed by atoms with E-state index >= 15 is 0 Å². The summed E-state index contributed by atoms with van der Waals surface area (Å²) in [5, 5.41) is 11.5. The number of sulfone groups is 1. The number of aromatic nitrogens is 1. The molecule has 0 saturated heterocycles. The second kappa shape index (κ2) is 10.4. The van der Waals surface area contributed by atoms with Crippen molar-refractivity contribution in [2.45, 2.75) is 41.7 Å². The summed E-state index contributed by atoms with van der Waals surface area (Å²) < 4.78 is 30.6. The Balaban J connectivity index is 1.69. The minimum Gasteiger partial charge on any atom is -0.440 e. The predicted octanol–water partition coefficient (Wildman–Crippen LogP) is 6.43. The summed E-state index contributed by atoms with van der Waals surface area (Å²) in [5.74, 6) is 1.37. The standard InChI is InChI=1S/C24H25ClN2O4S3/c1-27(28)24(32)33-19-5-3-4-17(14-19)23-26-21(15-6-10-18(25)11-7-15)22(31-23)16-8-12-20(13-9-16)34(2,29)30/h6-13,17,19,28H,3-5,14H2,1-2H3. The van der Waals surface area contributed by atoms with Gasteiger partial charge in [-0.1, -0.05) is 54.1 Å². The minimum atomic E-state index is -3.30. The molecule has 1 aliphatic carbocycles. The zero-order valence-corrected chi connectivity index (χ0v) is 22.0. The first kappa shape index (κ1) is 25.2. The number of hydrogen-bond acceptors (Lipinski definition) is 7. The van der Waals surface area contributed by atoms with Crippen molar-refractivity contribution in [3.05, 3.63) is 59.4 Å². The van der Waals surface area contributed by atoms with Crippen LogP contribution < -0.4 is 0 Å². The van der Waals surface area contributed by atoms with Crippen LogP contribution in [0.5, 0.6) is 0 Å². The number of thioether (sulfide) groups is 1. The first-order chi connectivity index (χ1) is 16.1. The minimum absolute atomic E-state index is 0.119. The monoisotopic (exact) mass is 536 g/mol. The SMILES string of the molecule is CN(O)C(=S)SC1CCCC(c2nc(-c3ccc(Cl)cc3)c(-c3ccc(S(C)(=O)=O)cc3)o2)C1. The van der Waals surface area contributed by atoms with Gasteiger partial charge in [-0.2, -0.15) is 0 Å². The Hall–Kier alpha value is -1.91. The van der Waals surface area contributed by atoms with Crippen LogP contribution >= 0.6 is 35.6 Å². The Morgan fingerprint density at radius 3 is 2.41 bits per heavy atom. The third-order valence-electron chi connectivity index (χ3n) is 5.81. The Kier molecular flexibility index (Phi) is 7.69. The number of rotatable bonds is 5. The lowest BCUT2D eigenvalue weighted by molar-refractivity contribution is 0.0204. The van der Waals surface area contributed by atoms with Crippen LogP contribution in [0.2, 0.25) is 5.02 Å². The molecule has 0 aliphatic heterocycles. The van der Waals surface area contributed by atoms with Gasteiger partial charge < -0.3 is 4.42 Å². The van der Waals surface area contributed by atoms with Crippen molar-refractivity contribution in [2.75, 3.05) is 13.3 Å². The van der Waals surface area contributed by atoms with E-state index in [1.807, 2.05) is 12.1 Å². The number of hydroxylamine groups is 2. The molecule has 0 radical (unpaired) electrons. The molecule has 1 aromatic heterocycles. The van der Waals surface area contributed by atoms with Gasteiger partial charge in [0, 0.05) is 40.6 Å². The lowest BCUT2D eigenvalue weighted by atomic mass is 9.89. The second-order valence-corrected chi connectivity index (χ2v) is 12.8. The highest BCUT2D eigenvalue weighted by Gasteiger charge is 2.30. The zero-order chi connectivity index (χ0) is 24.5. The van der Waals surface area contributed by atoms with Crippen LogP contribution in [0.4, 0.5) is 0 Å². The van der Waals surface area contributed by atoms with Gasteiger partial charge in [0.15, 0.2) is 25.8 Å². The van der Waals surface area contributed by atoms with Crippen LogP contribution in [0.25, 0.3) is 22.6 Å². The summed E-state index contributed by atoms with van der Waals surface area (Å²) in [5.41, 5.74) is 2.31. The molecule has 1 fully saturated rings. The molecule has 0 bridgehead atoms.